The second-order valence-corrected chi connectivity index (χ2v) is 7.15. The number of thiophene rings is 1. The first-order valence-electron chi connectivity index (χ1n) is 5.58. The molecule has 0 radical (unpaired) electrons. The number of anilines is 1. The third kappa shape index (κ3) is 2.92. The molecule has 0 bridgehead atoms. The molecule has 0 saturated heterocycles. The first-order valence-corrected chi connectivity index (χ1v) is 7.53. The normalized spacial score (nSPS) is 10.4. The third-order valence-electron chi connectivity index (χ3n) is 2.71. The Morgan fingerprint density at radius 1 is 1.17 bits per heavy atom. The van der Waals surface area contributed by atoms with Gasteiger partial charge in [-0.2, -0.15) is 0 Å². The van der Waals surface area contributed by atoms with Crippen molar-refractivity contribution in [2.45, 2.75) is 13.8 Å². The van der Waals surface area contributed by atoms with Gasteiger partial charge in [0.05, 0.1) is 8.45 Å². The second kappa shape index (κ2) is 5.40. The molecule has 0 atom stereocenters. The summed E-state index contributed by atoms with van der Waals surface area (Å²) >= 11 is 3.82. The number of carbonyl (C=O) groups is 1. The van der Waals surface area contributed by atoms with Crippen LogP contribution >= 0.6 is 33.9 Å². The molecule has 0 N–H and O–H groups in total. The van der Waals surface area contributed by atoms with Crippen molar-refractivity contribution >= 4 is 45.5 Å². The van der Waals surface area contributed by atoms with Gasteiger partial charge in [-0.25, -0.2) is 0 Å². The molecule has 0 aliphatic carbocycles. The highest BCUT2D eigenvalue weighted by atomic mass is 127. The van der Waals surface area contributed by atoms with Crippen molar-refractivity contribution in [3.63, 3.8) is 0 Å². The molecule has 0 unspecified atom stereocenters. The Hall–Kier alpha value is -0.880. The fraction of sp³-hybridized carbons (Fsp3) is 0.214. The van der Waals surface area contributed by atoms with Crippen LogP contribution in [0, 0.1) is 16.7 Å². The van der Waals surface area contributed by atoms with Crippen LogP contribution in [0.2, 0.25) is 0 Å². The highest BCUT2D eigenvalue weighted by Gasteiger charge is 2.15. The van der Waals surface area contributed by atoms with E-state index in [9.17, 15) is 4.79 Å². The average molecular weight is 371 g/mol. The lowest BCUT2D eigenvalue weighted by Gasteiger charge is -2.18. The van der Waals surface area contributed by atoms with Crippen molar-refractivity contribution in [1.82, 2.24) is 0 Å². The highest BCUT2D eigenvalue weighted by Crippen LogP contribution is 2.22. The van der Waals surface area contributed by atoms with Gasteiger partial charge in [-0.1, -0.05) is 6.07 Å². The van der Waals surface area contributed by atoms with Gasteiger partial charge in [0.15, 0.2) is 0 Å². The Morgan fingerprint density at radius 3 is 2.28 bits per heavy atom. The summed E-state index contributed by atoms with van der Waals surface area (Å²) in [7, 11) is 1.82. The Labute approximate surface area is 125 Å². The zero-order valence-electron chi connectivity index (χ0n) is 10.5. The Bertz CT molecular complexity index is 571. The molecule has 1 aromatic heterocycles. The van der Waals surface area contributed by atoms with Crippen LogP contribution < -0.4 is 4.90 Å². The minimum absolute atomic E-state index is 0.0409. The summed E-state index contributed by atoms with van der Waals surface area (Å²) < 4.78 is 1.13. The predicted molar refractivity (Wildman–Crippen MR) is 85.7 cm³/mol. The van der Waals surface area contributed by atoms with Crippen LogP contribution in [-0.4, -0.2) is 13.0 Å². The Balaban J connectivity index is 2.30. The van der Waals surface area contributed by atoms with E-state index >= 15 is 0 Å². The monoisotopic (exact) mass is 371 g/mol. The average Bonchev–Trinajstić information content (AvgIpc) is 2.72. The number of hydrogen-bond acceptors (Lipinski definition) is 2. The minimum atomic E-state index is 0.0409. The number of aryl methyl sites for hydroxylation is 2. The van der Waals surface area contributed by atoms with Crippen molar-refractivity contribution in [3.05, 3.63) is 49.2 Å². The van der Waals surface area contributed by atoms with Gasteiger partial charge < -0.3 is 4.90 Å². The second-order valence-electron chi connectivity index (χ2n) is 4.35. The number of nitrogens with zero attached hydrogens (tertiary/aromatic N) is 1. The lowest BCUT2D eigenvalue weighted by molar-refractivity contribution is 0.0993. The van der Waals surface area contributed by atoms with Gasteiger partial charge in [0.25, 0.3) is 5.91 Å². The smallest absolute Gasteiger partial charge is 0.258 e. The van der Waals surface area contributed by atoms with E-state index in [4.69, 9.17) is 0 Å². The van der Waals surface area contributed by atoms with E-state index in [2.05, 4.69) is 28.7 Å². The molecule has 0 spiro atoms. The maximum atomic E-state index is 12.3. The number of hydrogen-bond donors (Lipinski definition) is 0. The van der Waals surface area contributed by atoms with E-state index in [-0.39, 0.29) is 5.91 Å². The summed E-state index contributed by atoms with van der Waals surface area (Å²) in [6.07, 6.45) is 0. The number of rotatable bonds is 2. The SMILES string of the molecule is Cc1cc(C)cc(N(C)C(=O)c2csc(I)c2)c1. The third-order valence-corrected chi connectivity index (χ3v) is 4.50. The molecule has 94 valence electrons. The molecule has 0 saturated carbocycles. The van der Waals surface area contributed by atoms with Crippen molar-refractivity contribution in [2.75, 3.05) is 11.9 Å². The van der Waals surface area contributed by atoms with E-state index in [1.54, 1.807) is 16.2 Å². The summed E-state index contributed by atoms with van der Waals surface area (Å²) in [5.74, 6) is 0.0409. The van der Waals surface area contributed by atoms with Gasteiger partial charge in [-0.3, -0.25) is 4.79 Å². The molecule has 2 aromatic rings. The molecule has 1 aromatic carbocycles. The molecule has 2 nitrogen and oxygen atoms in total. The van der Waals surface area contributed by atoms with Crippen LogP contribution in [0.3, 0.4) is 0 Å². The van der Waals surface area contributed by atoms with Gasteiger partial charge in [0, 0.05) is 18.1 Å². The summed E-state index contributed by atoms with van der Waals surface area (Å²) in [5, 5.41) is 1.91. The summed E-state index contributed by atoms with van der Waals surface area (Å²) in [4.78, 5) is 14.0. The fourth-order valence-electron chi connectivity index (χ4n) is 1.88. The quantitative estimate of drug-likeness (QED) is 0.723. The molecule has 0 aliphatic rings. The molecule has 0 aliphatic heterocycles. The van der Waals surface area contributed by atoms with Crippen LogP contribution in [0.1, 0.15) is 21.5 Å². The highest BCUT2D eigenvalue weighted by molar-refractivity contribution is 14.1. The van der Waals surface area contributed by atoms with Gasteiger partial charge in [0.1, 0.15) is 0 Å². The van der Waals surface area contributed by atoms with Crippen molar-refractivity contribution in [2.24, 2.45) is 0 Å². The van der Waals surface area contributed by atoms with Gasteiger partial charge in [-0.05, 0) is 65.8 Å². The lowest BCUT2D eigenvalue weighted by Crippen LogP contribution is -2.25. The first-order chi connectivity index (χ1) is 8.47. The van der Waals surface area contributed by atoms with Crippen LogP contribution in [0.15, 0.2) is 29.6 Å². The van der Waals surface area contributed by atoms with Gasteiger partial charge in [-0.15, -0.1) is 11.3 Å². The topological polar surface area (TPSA) is 20.3 Å². The number of carbonyl (C=O) groups excluding carboxylic acids is 1. The standard InChI is InChI=1S/C14H14INOS/c1-9-4-10(2)6-12(5-9)16(3)14(17)11-7-13(15)18-8-11/h4-8H,1-3H3. The molecule has 2 rings (SSSR count). The van der Waals surface area contributed by atoms with Crippen LogP contribution in [0.25, 0.3) is 0 Å². The molecule has 18 heavy (non-hydrogen) atoms. The van der Waals surface area contributed by atoms with Gasteiger partial charge >= 0.3 is 0 Å². The van der Waals surface area contributed by atoms with Gasteiger partial charge in [0.2, 0.25) is 0 Å². The van der Waals surface area contributed by atoms with Crippen molar-refractivity contribution < 1.29 is 4.79 Å². The molecule has 4 heteroatoms. The summed E-state index contributed by atoms with van der Waals surface area (Å²) in [5.41, 5.74) is 4.04. The lowest BCUT2D eigenvalue weighted by atomic mass is 10.1. The largest absolute Gasteiger partial charge is 0.311 e. The Morgan fingerprint density at radius 2 is 1.78 bits per heavy atom. The van der Waals surface area contributed by atoms with E-state index in [1.807, 2.05) is 44.5 Å². The van der Waals surface area contributed by atoms with Crippen LogP contribution in [0.5, 0.6) is 0 Å². The minimum Gasteiger partial charge on any atom is -0.311 e. The predicted octanol–water partition coefficient (Wildman–Crippen LogP) is 4.25. The fourth-order valence-corrected chi connectivity index (χ4v) is 3.20. The zero-order valence-corrected chi connectivity index (χ0v) is 13.5. The maximum Gasteiger partial charge on any atom is 0.258 e. The summed E-state index contributed by atoms with van der Waals surface area (Å²) in [6, 6.07) is 8.09. The Kier molecular flexibility index (Phi) is 4.07. The van der Waals surface area contributed by atoms with E-state index < -0.39 is 0 Å². The number of amides is 1. The molecule has 0 fully saturated rings. The van der Waals surface area contributed by atoms with E-state index in [0.29, 0.717) is 0 Å². The first kappa shape index (κ1) is 13.5. The summed E-state index contributed by atoms with van der Waals surface area (Å²) in [6.45, 7) is 4.09. The zero-order chi connectivity index (χ0) is 13.3. The van der Waals surface area contributed by atoms with Crippen LogP contribution in [-0.2, 0) is 0 Å². The van der Waals surface area contributed by atoms with E-state index in [0.717, 1.165) is 14.1 Å². The maximum absolute atomic E-state index is 12.3. The van der Waals surface area contributed by atoms with Crippen molar-refractivity contribution in [1.29, 1.82) is 0 Å². The molecule has 1 amide bonds. The number of benzene rings is 1. The molecular formula is C14H14INOS. The molecule has 1 heterocycles. The molecular weight excluding hydrogens is 357 g/mol. The number of halogens is 1. The van der Waals surface area contributed by atoms with Crippen LogP contribution in [0.4, 0.5) is 5.69 Å². The van der Waals surface area contributed by atoms with E-state index in [1.165, 1.54) is 11.1 Å². The van der Waals surface area contributed by atoms with Crippen molar-refractivity contribution in [3.8, 4) is 0 Å².